The fourth-order valence-electron chi connectivity index (χ4n) is 3.02. The molecule has 1 aromatic rings. The van der Waals surface area contributed by atoms with Crippen molar-refractivity contribution in [1.82, 2.24) is 10.2 Å². The number of nitrogens with zero attached hydrogens (tertiary/aromatic N) is 1. The highest BCUT2D eigenvalue weighted by molar-refractivity contribution is 5.25. The van der Waals surface area contributed by atoms with E-state index in [1.165, 1.54) is 49.9 Å². The Kier molecular flexibility index (Phi) is 5.21. The van der Waals surface area contributed by atoms with E-state index in [4.69, 9.17) is 0 Å². The molecule has 1 unspecified atom stereocenters. The van der Waals surface area contributed by atoms with Gasteiger partial charge in [-0.15, -0.1) is 0 Å². The minimum atomic E-state index is 0.770. The molecule has 2 rings (SSSR count). The van der Waals surface area contributed by atoms with E-state index in [1.807, 2.05) is 0 Å². The molecule has 100 valence electrons. The van der Waals surface area contributed by atoms with Gasteiger partial charge in [0.1, 0.15) is 0 Å². The lowest BCUT2D eigenvalue weighted by Crippen LogP contribution is -2.37. The van der Waals surface area contributed by atoms with Crippen LogP contribution in [0.3, 0.4) is 0 Å². The highest BCUT2D eigenvalue weighted by atomic mass is 15.2. The number of benzene rings is 1. The molecule has 0 amide bonds. The Morgan fingerprint density at radius 2 is 2.17 bits per heavy atom. The van der Waals surface area contributed by atoms with Crippen molar-refractivity contribution in [3.05, 3.63) is 35.4 Å². The van der Waals surface area contributed by atoms with E-state index >= 15 is 0 Å². The molecule has 1 heterocycles. The van der Waals surface area contributed by atoms with E-state index in [0.717, 1.165) is 12.6 Å². The zero-order chi connectivity index (χ0) is 12.8. The first kappa shape index (κ1) is 13.6. The Morgan fingerprint density at radius 3 is 2.94 bits per heavy atom. The van der Waals surface area contributed by atoms with Crippen LogP contribution < -0.4 is 5.32 Å². The van der Waals surface area contributed by atoms with Gasteiger partial charge >= 0.3 is 0 Å². The molecule has 1 aliphatic heterocycles. The van der Waals surface area contributed by atoms with Crippen molar-refractivity contribution in [3.8, 4) is 0 Å². The van der Waals surface area contributed by atoms with Crippen molar-refractivity contribution < 1.29 is 0 Å². The Bertz CT molecular complexity index is 362. The van der Waals surface area contributed by atoms with Crippen LogP contribution in [0.25, 0.3) is 0 Å². The summed E-state index contributed by atoms with van der Waals surface area (Å²) >= 11 is 0. The van der Waals surface area contributed by atoms with Crippen LogP contribution in [0.5, 0.6) is 0 Å². The molecule has 0 aromatic heterocycles. The maximum absolute atomic E-state index is 3.32. The fraction of sp³-hybridized carbons (Fsp3) is 0.625. The van der Waals surface area contributed by atoms with Gasteiger partial charge in [0.15, 0.2) is 0 Å². The number of rotatable bonds is 6. The zero-order valence-electron chi connectivity index (χ0n) is 11.8. The SMILES string of the molecule is CNCC1CCCN1CCCc1ccccc1C. The van der Waals surface area contributed by atoms with Gasteiger partial charge in [-0.2, -0.15) is 0 Å². The van der Waals surface area contributed by atoms with Crippen LogP contribution in [0.4, 0.5) is 0 Å². The number of likely N-dealkylation sites (tertiary alicyclic amines) is 1. The largest absolute Gasteiger partial charge is 0.318 e. The number of hydrogen-bond donors (Lipinski definition) is 1. The standard InChI is InChI=1S/C16H26N2/c1-14-7-3-4-8-15(14)9-5-11-18-12-6-10-16(18)13-17-2/h3-4,7-8,16-17H,5-6,9-13H2,1-2H3. The molecule has 0 radical (unpaired) electrons. The predicted molar refractivity (Wildman–Crippen MR) is 78.0 cm³/mol. The molecule has 0 spiro atoms. The lowest BCUT2D eigenvalue weighted by Gasteiger charge is -2.24. The Morgan fingerprint density at radius 1 is 1.33 bits per heavy atom. The first-order valence-electron chi connectivity index (χ1n) is 7.24. The van der Waals surface area contributed by atoms with E-state index in [1.54, 1.807) is 0 Å². The molecule has 0 aliphatic carbocycles. The fourth-order valence-corrected chi connectivity index (χ4v) is 3.02. The Hall–Kier alpha value is -0.860. The van der Waals surface area contributed by atoms with E-state index in [-0.39, 0.29) is 0 Å². The van der Waals surface area contributed by atoms with Gasteiger partial charge in [-0.3, -0.25) is 4.90 Å². The van der Waals surface area contributed by atoms with Crippen LogP contribution >= 0.6 is 0 Å². The summed E-state index contributed by atoms with van der Waals surface area (Å²) in [5.74, 6) is 0. The topological polar surface area (TPSA) is 15.3 Å². The Labute approximate surface area is 111 Å². The minimum Gasteiger partial charge on any atom is -0.318 e. The third-order valence-corrected chi connectivity index (χ3v) is 4.09. The first-order chi connectivity index (χ1) is 8.81. The zero-order valence-corrected chi connectivity index (χ0v) is 11.8. The van der Waals surface area contributed by atoms with Crippen LogP contribution in [0.15, 0.2) is 24.3 Å². The number of likely N-dealkylation sites (N-methyl/N-ethyl adjacent to an activating group) is 1. The summed E-state index contributed by atoms with van der Waals surface area (Å²) in [6, 6.07) is 9.54. The van der Waals surface area contributed by atoms with Gasteiger partial charge in [-0.1, -0.05) is 24.3 Å². The molecule has 0 bridgehead atoms. The monoisotopic (exact) mass is 246 g/mol. The lowest BCUT2D eigenvalue weighted by molar-refractivity contribution is 0.248. The van der Waals surface area contributed by atoms with Gasteiger partial charge in [0.05, 0.1) is 0 Å². The highest BCUT2D eigenvalue weighted by Gasteiger charge is 2.22. The summed E-state index contributed by atoms with van der Waals surface area (Å²) in [6.07, 6.45) is 5.24. The van der Waals surface area contributed by atoms with E-state index in [2.05, 4.69) is 48.5 Å². The second-order valence-corrected chi connectivity index (χ2v) is 5.42. The van der Waals surface area contributed by atoms with Crippen LogP contribution in [0.1, 0.15) is 30.4 Å². The smallest absolute Gasteiger partial charge is 0.0220 e. The van der Waals surface area contributed by atoms with Crippen LogP contribution in [0, 0.1) is 6.92 Å². The lowest BCUT2D eigenvalue weighted by atomic mass is 10.0. The van der Waals surface area contributed by atoms with Crippen molar-refractivity contribution in [2.45, 2.75) is 38.6 Å². The van der Waals surface area contributed by atoms with Gasteiger partial charge in [-0.25, -0.2) is 0 Å². The normalized spacial score (nSPS) is 20.4. The average molecular weight is 246 g/mol. The molecule has 1 atom stereocenters. The van der Waals surface area contributed by atoms with Crippen molar-refractivity contribution in [2.24, 2.45) is 0 Å². The van der Waals surface area contributed by atoms with Gasteiger partial charge in [0, 0.05) is 12.6 Å². The second kappa shape index (κ2) is 6.91. The van der Waals surface area contributed by atoms with Gasteiger partial charge in [-0.05, 0) is 63.9 Å². The number of aryl methyl sites for hydroxylation is 2. The van der Waals surface area contributed by atoms with Crippen molar-refractivity contribution in [2.75, 3.05) is 26.7 Å². The molecule has 18 heavy (non-hydrogen) atoms. The molecule has 1 aliphatic rings. The van der Waals surface area contributed by atoms with Gasteiger partial charge in [0.25, 0.3) is 0 Å². The summed E-state index contributed by atoms with van der Waals surface area (Å²) in [6.45, 7) is 5.90. The predicted octanol–water partition coefficient (Wildman–Crippen LogP) is 2.61. The summed E-state index contributed by atoms with van der Waals surface area (Å²) < 4.78 is 0. The van der Waals surface area contributed by atoms with Crippen molar-refractivity contribution >= 4 is 0 Å². The van der Waals surface area contributed by atoms with Gasteiger partial charge in [0.2, 0.25) is 0 Å². The molecule has 0 saturated carbocycles. The summed E-state index contributed by atoms with van der Waals surface area (Å²) in [5.41, 5.74) is 2.95. The van der Waals surface area contributed by atoms with Gasteiger partial charge < -0.3 is 5.32 Å². The molecule has 1 fully saturated rings. The maximum Gasteiger partial charge on any atom is 0.0220 e. The van der Waals surface area contributed by atoms with Crippen LogP contribution in [-0.4, -0.2) is 37.6 Å². The van der Waals surface area contributed by atoms with Crippen molar-refractivity contribution in [3.63, 3.8) is 0 Å². The first-order valence-corrected chi connectivity index (χ1v) is 7.24. The molecule has 2 nitrogen and oxygen atoms in total. The summed E-state index contributed by atoms with van der Waals surface area (Å²) in [7, 11) is 2.06. The van der Waals surface area contributed by atoms with E-state index in [0.29, 0.717) is 0 Å². The Balaban J connectivity index is 1.76. The maximum atomic E-state index is 3.32. The summed E-state index contributed by atoms with van der Waals surface area (Å²) in [5, 5.41) is 3.32. The van der Waals surface area contributed by atoms with Crippen LogP contribution in [-0.2, 0) is 6.42 Å². The molecule has 1 N–H and O–H groups in total. The van der Waals surface area contributed by atoms with Crippen LogP contribution in [0.2, 0.25) is 0 Å². The summed E-state index contributed by atoms with van der Waals surface area (Å²) in [4.78, 5) is 2.66. The third kappa shape index (κ3) is 3.56. The van der Waals surface area contributed by atoms with E-state index < -0.39 is 0 Å². The van der Waals surface area contributed by atoms with Crippen molar-refractivity contribution in [1.29, 1.82) is 0 Å². The average Bonchev–Trinajstić information content (AvgIpc) is 2.80. The molecular weight excluding hydrogens is 220 g/mol. The quantitative estimate of drug-likeness (QED) is 0.830. The number of hydrogen-bond acceptors (Lipinski definition) is 2. The van der Waals surface area contributed by atoms with E-state index in [9.17, 15) is 0 Å². The third-order valence-electron chi connectivity index (χ3n) is 4.09. The molecule has 1 aromatic carbocycles. The highest BCUT2D eigenvalue weighted by Crippen LogP contribution is 2.17. The minimum absolute atomic E-state index is 0.770. The molecule has 1 saturated heterocycles. The number of nitrogens with one attached hydrogen (secondary N) is 1. The molecule has 2 heteroatoms. The second-order valence-electron chi connectivity index (χ2n) is 5.42. The molecular formula is C16H26N2.